The molecule has 9 nitrogen and oxygen atoms in total. The van der Waals surface area contributed by atoms with Crippen LogP contribution in [-0.2, 0) is 6.54 Å². The van der Waals surface area contributed by atoms with Crippen LogP contribution in [0, 0.1) is 10.1 Å². The zero-order chi connectivity index (χ0) is 20.3. The standard InChI is InChI=1S/C19H20N2O7/c1-20(11-12-4-5-15(25-2)16(8-12)26-3)19(22)13-9-17-18(28-7-6-27-17)10-14(13)21(23)24/h4-5,8-10H,6-7,11H2,1-3H3. The monoisotopic (exact) mass is 388 g/mol. The lowest BCUT2D eigenvalue weighted by Gasteiger charge is -2.21. The quantitative estimate of drug-likeness (QED) is 0.554. The molecule has 0 aliphatic carbocycles. The van der Waals surface area contributed by atoms with Crippen LogP contribution in [0.2, 0.25) is 0 Å². The van der Waals surface area contributed by atoms with Crippen LogP contribution >= 0.6 is 0 Å². The molecule has 28 heavy (non-hydrogen) atoms. The van der Waals surface area contributed by atoms with Crippen LogP contribution in [0.15, 0.2) is 30.3 Å². The van der Waals surface area contributed by atoms with Crippen LogP contribution in [0.3, 0.4) is 0 Å². The normalized spacial score (nSPS) is 12.2. The van der Waals surface area contributed by atoms with Gasteiger partial charge in [-0.05, 0) is 17.7 Å². The van der Waals surface area contributed by atoms with Gasteiger partial charge in [-0.25, -0.2) is 0 Å². The molecule has 2 aromatic carbocycles. The summed E-state index contributed by atoms with van der Waals surface area (Å²) in [6.07, 6.45) is 0. The SMILES string of the molecule is COc1ccc(CN(C)C(=O)c2cc3c(cc2[N+](=O)[O-])OCCO3)cc1OC. The lowest BCUT2D eigenvalue weighted by atomic mass is 10.1. The van der Waals surface area contributed by atoms with Gasteiger partial charge < -0.3 is 23.8 Å². The largest absolute Gasteiger partial charge is 0.493 e. The zero-order valence-electron chi connectivity index (χ0n) is 15.8. The average molecular weight is 388 g/mol. The first-order valence-electron chi connectivity index (χ1n) is 8.49. The molecule has 2 aromatic rings. The van der Waals surface area contributed by atoms with Gasteiger partial charge >= 0.3 is 0 Å². The van der Waals surface area contributed by atoms with Gasteiger partial charge in [-0.15, -0.1) is 0 Å². The lowest BCUT2D eigenvalue weighted by Crippen LogP contribution is -2.27. The molecule has 1 aliphatic rings. The summed E-state index contributed by atoms with van der Waals surface area (Å²) < 4.78 is 21.3. The van der Waals surface area contributed by atoms with Gasteiger partial charge in [0.25, 0.3) is 11.6 Å². The number of amides is 1. The van der Waals surface area contributed by atoms with E-state index in [9.17, 15) is 14.9 Å². The van der Waals surface area contributed by atoms with Gasteiger partial charge in [0.1, 0.15) is 18.8 Å². The molecule has 0 N–H and O–H groups in total. The minimum absolute atomic E-state index is 0.0581. The van der Waals surface area contributed by atoms with Crippen molar-refractivity contribution in [1.82, 2.24) is 4.90 Å². The molecule has 0 fully saturated rings. The summed E-state index contributed by atoms with van der Waals surface area (Å²) in [5.74, 6) is 1.18. The van der Waals surface area contributed by atoms with Crippen molar-refractivity contribution in [2.45, 2.75) is 6.54 Å². The number of nitrogens with zero attached hydrogens (tertiary/aromatic N) is 2. The molecule has 1 heterocycles. The number of rotatable bonds is 6. The second-order valence-corrected chi connectivity index (χ2v) is 6.12. The number of methoxy groups -OCH3 is 2. The van der Waals surface area contributed by atoms with E-state index in [4.69, 9.17) is 18.9 Å². The highest BCUT2D eigenvalue weighted by atomic mass is 16.6. The maximum atomic E-state index is 12.9. The number of hydrogen-bond donors (Lipinski definition) is 0. The van der Waals surface area contributed by atoms with Crippen molar-refractivity contribution < 1.29 is 28.7 Å². The van der Waals surface area contributed by atoms with Crippen molar-refractivity contribution in [3.05, 3.63) is 51.6 Å². The molecule has 0 saturated heterocycles. The van der Waals surface area contributed by atoms with E-state index in [0.29, 0.717) is 30.5 Å². The van der Waals surface area contributed by atoms with Crippen molar-refractivity contribution in [3.8, 4) is 23.0 Å². The van der Waals surface area contributed by atoms with Gasteiger partial charge in [-0.3, -0.25) is 14.9 Å². The third kappa shape index (κ3) is 3.78. The Labute approximate surface area is 161 Å². The molecule has 1 aliphatic heterocycles. The van der Waals surface area contributed by atoms with Crippen LogP contribution < -0.4 is 18.9 Å². The van der Waals surface area contributed by atoms with E-state index in [1.54, 1.807) is 25.2 Å². The highest BCUT2D eigenvalue weighted by Gasteiger charge is 2.28. The summed E-state index contributed by atoms with van der Waals surface area (Å²) in [6.45, 7) is 0.849. The summed E-state index contributed by atoms with van der Waals surface area (Å²) >= 11 is 0. The van der Waals surface area contributed by atoms with E-state index in [1.807, 2.05) is 0 Å². The Morgan fingerprint density at radius 1 is 1.11 bits per heavy atom. The number of nitro benzene ring substituents is 1. The first kappa shape index (κ1) is 19.3. The maximum Gasteiger partial charge on any atom is 0.286 e. The molecule has 9 heteroatoms. The van der Waals surface area contributed by atoms with Crippen LogP contribution in [0.25, 0.3) is 0 Å². The Morgan fingerprint density at radius 2 is 1.75 bits per heavy atom. The maximum absolute atomic E-state index is 12.9. The molecular weight excluding hydrogens is 368 g/mol. The fourth-order valence-corrected chi connectivity index (χ4v) is 2.93. The highest BCUT2D eigenvalue weighted by Crippen LogP contribution is 2.37. The zero-order valence-corrected chi connectivity index (χ0v) is 15.8. The predicted octanol–water partition coefficient (Wildman–Crippen LogP) is 2.66. The summed E-state index contributed by atoms with van der Waals surface area (Å²) in [5, 5.41) is 11.5. The van der Waals surface area contributed by atoms with Crippen molar-refractivity contribution >= 4 is 11.6 Å². The van der Waals surface area contributed by atoms with Crippen molar-refractivity contribution in [3.63, 3.8) is 0 Å². The second kappa shape index (κ2) is 8.03. The first-order chi connectivity index (χ1) is 13.4. The average Bonchev–Trinajstić information content (AvgIpc) is 2.71. The van der Waals surface area contributed by atoms with E-state index in [1.165, 1.54) is 31.3 Å². The minimum atomic E-state index is -0.601. The van der Waals surface area contributed by atoms with Crippen LogP contribution in [0.5, 0.6) is 23.0 Å². The van der Waals surface area contributed by atoms with Gasteiger partial charge in [-0.1, -0.05) is 6.07 Å². The number of hydrogen-bond acceptors (Lipinski definition) is 7. The van der Waals surface area contributed by atoms with E-state index < -0.39 is 10.8 Å². The molecule has 0 bridgehead atoms. The minimum Gasteiger partial charge on any atom is -0.493 e. The molecule has 0 aromatic heterocycles. The van der Waals surface area contributed by atoms with Crippen molar-refractivity contribution in [2.75, 3.05) is 34.5 Å². The van der Waals surface area contributed by atoms with Gasteiger partial charge in [0.2, 0.25) is 0 Å². The number of benzene rings is 2. The van der Waals surface area contributed by atoms with E-state index in [-0.39, 0.29) is 23.5 Å². The summed E-state index contributed by atoms with van der Waals surface area (Å²) in [6, 6.07) is 7.87. The third-order valence-corrected chi connectivity index (χ3v) is 4.30. The summed E-state index contributed by atoms with van der Waals surface area (Å²) in [4.78, 5) is 25.1. The molecule has 0 saturated carbocycles. The number of nitro groups is 1. The van der Waals surface area contributed by atoms with Crippen molar-refractivity contribution in [2.24, 2.45) is 0 Å². The topological polar surface area (TPSA) is 100 Å². The fraction of sp³-hybridized carbons (Fsp3) is 0.316. The third-order valence-electron chi connectivity index (χ3n) is 4.30. The van der Waals surface area contributed by atoms with Crippen LogP contribution in [0.1, 0.15) is 15.9 Å². The molecule has 0 radical (unpaired) electrons. The summed E-state index contributed by atoms with van der Waals surface area (Å²) in [7, 11) is 4.63. The Kier molecular flexibility index (Phi) is 5.53. The lowest BCUT2D eigenvalue weighted by molar-refractivity contribution is -0.385. The number of ether oxygens (including phenoxy) is 4. The Bertz CT molecular complexity index is 913. The van der Waals surface area contributed by atoms with Crippen LogP contribution in [0.4, 0.5) is 5.69 Å². The fourth-order valence-electron chi connectivity index (χ4n) is 2.93. The molecule has 3 rings (SSSR count). The van der Waals surface area contributed by atoms with E-state index in [0.717, 1.165) is 5.56 Å². The van der Waals surface area contributed by atoms with Gasteiger partial charge in [-0.2, -0.15) is 0 Å². The van der Waals surface area contributed by atoms with Gasteiger partial charge in [0.05, 0.1) is 25.2 Å². The number of fused-ring (bicyclic) bond motifs is 1. The predicted molar refractivity (Wildman–Crippen MR) is 99.4 cm³/mol. The smallest absolute Gasteiger partial charge is 0.286 e. The number of carbonyl (C=O) groups is 1. The molecule has 0 spiro atoms. The molecule has 148 valence electrons. The van der Waals surface area contributed by atoms with Crippen LogP contribution in [-0.4, -0.2) is 50.2 Å². The Hall–Kier alpha value is -3.49. The van der Waals surface area contributed by atoms with Gasteiger partial charge in [0, 0.05) is 19.7 Å². The Morgan fingerprint density at radius 3 is 2.36 bits per heavy atom. The molecule has 0 atom stereocenters. The first-order valence-corrected chi connectivity index (χ1v) is 8.49. The molecular formula is C19H20N2O7. The van der Waals surface area contributed by atoms with E-state index in [2.05, 4.69) is 0 Å². The Balaban J connectivity index is 1.88. The highest BCUT2D eigenvalue weighted by molar-refractivity contribution is 5.99. The second-order valence-electron chi connectivity index (χ2n) is 6.12. The number of carbonyl (C=O) groups excluding carboxylic acids is 1. The summed E-state index contributed by atoms with van der Waals surface area (Å²) in [5.41, 5.74) is 0.402. The van der Waals surface area contributed by atoms with Gasteiger partial charge in [0.15, 0.2) is 23.0 Å². The van der Waals surface area contributed by atoms with E-state index >= 15 is 0 Å². The molecule has 1 amide bonds. The molecule has 0 unspecified atom stereocenters. The van der Waals surface area contributed by atoms with Crippen molar-refractivity contribution in [1.29, 1.82) is 0 Å².